The highest BCUT2D eigenvalue weighted by atomic mass is 16.6. The van der Waals surface area contributed by atoms with Crippen LogP contribution < -0.4 is 0 Å². The fourth-order valence-electron chi connectivity index (χ4n) is 2.73. The maximum atomic E-state index is 12.2. The van der Waals surface area contributed by atoms with E-state index >= 15 is 0 Å². The van der Waals surface area contributed by atoms with Crippen LogP contribution >= 0.6 is 0 Å². The van der Waals surface area contributed by atoms with Crippen LogP contribution in [0.5, 0.6) is 0 Å². The van der Waals surface area contributed by atoms with Crippen LogP contribution in [0.4, 0.5) is 5.69 Å². The molecular weight excluding hydrogens is 284 g/mol. The molecule has 0 spiro atoms. The molecule has 1 aromatic carbocycles. The van der Waals surface area contributed by atoms with Crippen LogP contribution in [0.25, 0.3) is 11.3 Å². The van der Waals surface area contributed by atoms with Gasteiger partial charge in [0.05, 0.1) is 22.2 Å². The van der Waals surface area contributed by atoms with Gasteiger partial charge in [-0.3, -0.25) is 19.6 Å². The number of nitro groups is 1. The van der Waals surface area contributed by atoms with Gasteiger partial charge in [0.1, 0.15) is 12.2 Å². The van der Waals surface area contributed by atoms with E-state index in [4.69, 9.17) is 5.26 Å². The van der Waals surface area contributed by atoms with Gasteiger partial charge in [-0.25, -0.2) is 0 Å². The molecule has 22 heavy (non-hydrogen) atoms. The Labute approximate surface area is 125 Å². The molecule has 7 heteroatoms. The first-order valence-electron chi connectivity index (χ1n) is 6.86. The van der Waals surface area contributed by atoms with Gasteiger partial charge in [-0.2, -0.15) is 10.4 Å². The lowest BCUT2D eigenvalue weighted by molar-refractivity contribution is -0.384. The fraction of sp³-hybridized carbons (Fsp3) is 0.267. The lowest BCUT2D eigenvalue weighted by Crippen LogP contribution is -2.13. The maximum absolute atomic E-state index is 12.2. The second kappa shape index (κ2) is 5.41. The van der Waals surface area contributed by atoms with E-state index in [1.54, 1.807) is 16.8 Å². The summed E-state index contributed by atoms with van der Waals surface area (Å²) in [6.07, 6.45) is 1.93. The molecule has 2 aromatic rings. The predicted octanol–water partition coefficient (Wildman–Crippen LogP) is 2.50. The van der Waals surface area contributed by atoms with Gasteiger partial charge in [-0.15, -0.1) is 0 Å². The van der Waals surface area contributed by atoms with Crippen molar-refractivity contribution in [3.05, 3.63) is 45.6 Å². The molecule has 0 bridgehead atoms. The van der Waals surface area contributed by atoms with E-state index in [2.05, 4.69) is 5.10 Å². The lowest BCUT2D eigenvalue weighted by atomic mass is 9.92. The third kappa shape index (κ3) is 2.24. The number of nitrogens with zero attached hydrogens (tertiary/aromatic N) is 4. The van der Waals surface area contributed by atoms with Gasteiger partial charge in [0, 0.05) is 24.1 Å². The molecule has 0 N–H and O–H groups in total. The number of hydrogen-bond acceptors (Lipinski definition) is 5. The number of Topliss-reactive ketones (excluding diaryl/α,β-unsaturated/α-hetero) is 1. The highest BCUT2D eigenvalue weighted by Crippen LogP contribution is 2.32. The third-order valence-corrected chi connectivity index (χ3v) is 3.73. The van der Waals surface area contributed by atoms with Crippen LogP contribution in [0.15, 0.2) is 24.3 Å². The monoisotopic (exact) mass is 296 g/mol. The number of carbonyl (C=O) groups is 1. The van der Waals surface area contributed by atoms with E-state index in [-0.39, 0.29) is 18.0 Å². The molecule has 1 aromatic heterocycles. The smallest absolute Gasteiger partial charge is 0.269 e. The van der Waals surface area contributed by atoms with E-state index in [1.807, 2.05) is 6.07 Å². The summed E-state index contributed by atoms with van der Waals surface area (Å²) in [4.78, 5) is 22.5. The molecule has 0 aliphatic heterocycles. The molecule has 110 valence electrons. The molecule has 1 aliphatic rings. The number of nitriles is 1. The summed E-state index contributed by atoms with van der Waals surface area (Å²) < 4.78 is 1.56. The van der Waals surface area contributed by atoms with Crippen LogP contribution in [0.3, 0.4) is 0 Å². The lowest BCUT2D eigenvalue weighted by Gasteiger charge is -2.12. The Bertz CT molecular complexity index is 799. The number of benzene rings is 1. The van der Waals surface area contributed by atoms with Crippen LogP contribution in [-0.2, 0) is 13.0 Å². The average molecular weight is 296 g/mol. The Balaban J connectivity index is 2.12. The molecule has 7 nitrogen and oxygen atoms in total. The molecule has 0 atom stereocenters. The minimum absolute atomic E-state index is 0.0128. The summed E-state index contributed by atoms with van der Waals surface area (Å²) in [6, 6.07) is 7.98. The van der Waals surface area contributed by atoms with Crippen LogP contribution in [0.1, 0.15) is 28.9 Å². The summed E-state index contributed by atoms with van der Waals surface area (Å²) in [7, 11) is 0. The Morgan fingerprint density at radius 2 is 2.05 bits per heavy atom. The first kappa shape index (κ1) is 13.9. The van der Waals surface area contributed by atoms with Crippen molar-refractivity contribution in [2.75, 3.05) is 0 Å². The summed E-state index contributed by atoms with van der Waals surface area (Å²) in [5, 5.41) is 24.0. The second-order valence-electron chi connectivity index (χ2n) is 5.07. The minimum atomic E-state index is -0.474. The molecule has 0 saturated heterocycles. The highest BCUT2D eigenvalue weighted by Gasteiger charge is 2.27. The number of nitro benzene ring substituents is 1. The number of carbonyl (C=O) groups excluding carboxylic acids is 1. The van der Waals surface area contributed by atoms with Crippen molar-refractivity contribution in [3.8, 4) is 17.3 Å². The Morgan fingerprint density at radius 1 is 1.32 bits per heavy atom. The number of fused-ring (bicyclic) bond motifs is 1. The molecular formula is C15H12N4O3. The van der Waals surface area contributed by atoms with E-state index in [0.29, 0.717) is 29.7 Å². The van der Waals surface area contributed by atoms with Crippen molar-refractivity contribution >= 4 is 11.5 Å². The summed E-state index contributed by atoms with van der Waals surface area (Å²) in [6.45, 7) is 0.0859. The average Bonchev–Trinajstić information content (AvgIpc) is 2.88. The second-order valence-corrected chi connectivity index (χ2v) is 5.07. The van der Waals surface area contributed by atoms with Crippen molar-refractivity contribution in [1.82, 2.24) is 9.78 Å². The van der Waals surface area contributed by atoms with Gasteiger partial charge in [0.25, 0.3) is 5.69 Å². The number of non-ortho nitro benzene ring substituents is 1. The first-order chi connectivity index (χ1) is 10.6. The van der Waals surface area contributed by atoms with E-state index in [0.717, 1.165) is 12.1 Å². The Kier molecular flexibility index (Phi) is 3.43. The Hall–Kier alpha value is -3.01. The molecule has 0 fully saturated rings. The molecule has 0 amide bonds. The highest BCUT2D eigenvalue weighted by molar-refractivity contribution is 6.03. The van der Waals surface area contributed by atoms with E-state index in [9.17, 15) is 14.9 Å². The molecule has 0 unspecified atom stereocenters. The molecule has 1 heterocycles. The number of aromatic nitrogens is 2. The zero-order valence-electron chi connectivity index (χ0n) is 11.7. The van der Waals surface area contributed by atoms with Gasteiger partial charge in [0.2, 0.25) is 0 Å². The van der Waals surface area contributed by atoms with Crippen molar-refractivity contribution in [2.24, 2.45) is 0 Å². The summed E-state index contributed by atoms with van der Waals surface area (Å²) in [5.41, 5.74) is 2.47. The predicted molar refractivity (Wildman–Crippen MR) is 77.2 cm³/mol. The maximum Gasteiger partial charge on any atom is 0.269 e. The number of ketones is 1. The van der Waals surface area contributed by atoms with Crippen molar-refractivity contribution in [2.45, 2.75) is 25.8 Å². The minimum Gasteiger partial charge on any atom is -0.294 e. The Morgan fingerprint density at radius 3 is 2.68 bits per heavy atom. The van der Waals surface area contributed by atoms with Crippen molar-refractivity contribution in [1.29, 1.82) is 5.26 Å². The van der Waals surface area contributed by atoms with E-state index in [1.165, 1.54) is 12.1 Å². The van der Waals surface area contributed by atoms with Gasteiger partial charge in [-0.1, -0.05) is 0 Å². The quantitative estimate of drug-likeness (QED) is 0.639. The zero-order valence-corrected chi connectivity index (χ0v) is 11.7. The van der Waals surface area contributed by atoms with Crippen LogP contribution in [0.2, 0.25) is 0 Å². The number of hydrogen-bond donors (Lipinski definition) is 0. The van der Waals surface area contributed by atoms with Crippen LogP contribution in [-0.4, -0.2) is 20.5 Å². The third-order valence-electron chi connectivity index (χ3n) is 3.73. The molecule has 1 aliphatic carbocycles. The van der Waals surface area contributed by atoms with Gasteiger partial charge in [-0.05, 0) is 25.0 Å². The van der Waals surface area contributed by atoms with Gasteiger partial charge < -0.3 is 0 Å². The summed E-state index contributed by atoms with van der Waals surface area (Å²) in [5.74, 6) is 0.0128. The normalized spacial score (nSPS) is 13.5. The summed E-state index contributed by atoms with van der Waals surface area (Å²) >= 11 is 0. The van der Waals surface area contributed by atoms with Gasteiger partial charge in [0.15, 0.2) is 5.78 Å². The zero-order chi connectivity index (χ0) is 15.7. The molecule has 3 rings (SSSR count). The number of rotatable bonds is 3. The topological polar surface area (TPSA) is 102 Å². The molecule has 0 radical (unpaired) electrons. The largest absolute Gasteiger partial charge is 0.294 e. The van der Waals surface area contributed by atoms with Crippen molar-refractivity contribution < 1.29 is 9.72 Å². The van der Waals surface area contributed by atoms with Crippen molar-refractivity contribution in [3.63, 3.8) is 0 Å². The fourth-order valence-corrected chi connectivity index (χ4v) is 2.73. The SMILES string of the molecule is N#CCn1nc(-c2ccc([N+](=O)[O-])cc2)c2c1CCCC2=O. The van der Waals surface area contributed by atoms with Gasteiger partial charge >= 0.3 is 0 Å². The first-order valence-corrected chi connectivity index (χ1v) is 6.86. The van der Waals surface area contributed by atoms with E-state index < -0.39 is 4.92 Å². The molecule has 0 saturated carbocycles. The van der Waals surface area contributed by atoms with Crippen LogP contribution in [0, 0.1) is 21.4 Å². The standard InChI is InChI=1S/C15H12N4O3/c16-8-9-18-12-2-1-3-13(20)14(12)15(17-18)10-4-6-11(7-5-10)19(21)22/h4-7H,1-3,9H2.